The highest BCUT2D eigenvalue weighted by atomic mass is 32.2. The van der Waals surface area contributed by atoms with Gasteiger partial charge in [0.2, 0.25) is 0 Å². The molecule has 1 aromatic heterocycles. The maximum atomic E-state index is 11.6. The average molecular weight is 369 g/mol. The molecule has 0 atom stereocenters. The van der Waals surface area contributed by atoms with Crippen molar-refractivity contribution in [3.8, 4) is 16.9 Å². The fraction of sp³-hybridized carbons (Fsp3) is 0.238. The van der Waals surface area contributed by atoms with Crippen LogP contribution >= 0.6 is 0 Å². The molecule has 0 amide bonds. The minimum atomic E-state index is -3.18. The van der Waals surface area contributed by atoms with E-state index in [1.54, 1.807) is 12.1 Å². The Bertz CT molecular complexity index is 968. The Hall–Kier alpha value is -2.53. The van der Waals surface area contributed by atoms with E-state index in [0.29, 0.717) is 4.90 Å². The van der Waals surface area contributed by atoms with Crippen molar-refractivity contribution in [2.45, 2.75) is 18.7 Å². The van der Waals surface area contributed by atoms with Crippen molar-refractivity contribution >= 4 is 15.5 Å². The van der Waals surface area contributed by atoms with Gasteiger partial charge in [-0.2, -0.15) is 0 Å². The molecular formula is C21H24N2O2S. The molecule has 2 aromatic carbocycles. The molecule has 0 saturated carbocycles. The zero-order valence-electron chi connectivity index (χ0n) is 15.4. The van der Waals surface area contributed by atoms with Gasteiger partial charge in [0.1, 0.15) is 0 Å². The highest BCUT2D eigenvalue weighted by Gasteiger charge is 2.10. The lowest BCUT2D eigenvalue weighted by Crippen LogP contribution is -2.21. The number of hydrogen-bond donors (Lipinski definition) is 0. The molecule has 0 saturated heterocycles. The van der Waals surface area contributed by atoms with Gasteiger partial charge in [0, 0.05) is 36.9 Å². The molecule has 1 heterocycles. The van der Waals surface area contributed by atoms with Crippen LogP contribution in [0.15, 0.2) is 71.8 Å². The summed E-state index contributed by atoms with van der Waals surface area (Å²) in [5, 5.41) is 0. The molecule has 26 heavy (non-hydrogen) atoms. The van der Waals surface area contributed by atoms with E-state index in [9.17, 15) is 8.42 Å². The van der Waals surface area contributed by atoms with E-state index in [1.807, 2.05) is 30.5 Å². The fourth-order valence-electron chi connectivity index (χ4n) is 3.13. The fourth-order valence-corrected chi connectivity index (χ4v) is 3.76. The first kappa shape index (κ1) is 18.3. The number of anilines is 1. The molecule has 0 fully saturated rings. The normalized spacial score (nSPS) is 11.5. The number of aromatic nitrogens is 1. The Labute approximate surface area is 155 Å². The molecular weight excluding hydrogens is 344 g/mol. The monoisotopic (exact) mass is 368 g/mol. The van der Waals surface area contributed by atoms with Crippen LogP contribution in [-0.4, -0.2) is 32.3 Å². The van der Waals surface area contributed by atoms with Crippen LogP contribution in [0.4, 0.5) is 5.69 Å². The van der Waals surface area contributed by atoms with E-state index in [0.717, 1.165) is 30.0 Å². The first-order valence-corrected chi connectivity index (χ1v) is 10.7. The Morgan fingerprint density at radius 1 is 0.885 bits per heavy atom. The first-order chi connectivity index (χ1) is 12.4. The first-order valence-electron chi connectivity index (χ1n) is 8.77. The van der Waals surface area contributed by atoms with Gasteiger partial charge in [-0.1, -0.05) is 12.1 Å². The third-order valence-electron chi connectivity index (χ3n) is 4.58. The third-order valence-corrected chi connectivity index (χ3v) is 5.71. The molecule has 0 spiro atoms. The van der Waals surface area contributed by atoms with Crippen molar-refractivity contribution in [1.29, 1.82) is 0 Å². The second-order valence-corrected chi connectivity index (χ2v) is 8.26. The minimum Gasteiger partial charge on any atom is -0.372 e. The Morgan fingerprint density at radius 2 is 1.50 bits per heavy atom. The summed E-state index contributed by atoms with van der Waals surface area (Å²) in [4.78, 5) is 2.65. The average Bonchev–Trinajstić information content (AvgIpc) is 3.12. The predicted molar refractivity (Wildman–Crippen MR) is 108 cm³/mol. The highest BCUT2D eigenvalue weighted by molar-refractivity contribution is 7.90. The topological polar surface area (TPSA) is 42.3 Å². The maximum absolute atomic E-state index is 11.6. The molecule has 5 heteroatoms. The van der Waals surface area contributed by atoms with E-state index >= 15 is 0 Å². The number of benzene rings is 2. The molecule has 0 bridgehead atoms. The number of rotatable bonds is 6. The van der Waals surface area contributed by atoms with Crippen LogP contribution in [0.1, 0.15) is 13.8 Å². The number of hydrogen-bond acceptors (Lipinski definition) is 3. The molecule has 0 unspecified atom stereocenters. The quantitative estimate of drug-likeness (QED) is 0.648. The summed E-state index contributed by atoms with van der Waals surface area (Å²) >= 11 is 0. The van der Waals surface area contributed by atoms with Crippen LogP contribution < -0.4 is 4.90 Å². The van der Waals surface area contributed by atoms with Gasteiger partial charge in [0.25, 0.3) is 0 Å². The van der Waals surface area contributed by atoms with Gasteiger partial charge in [0.05, 0.1) is 10.6 Å². The second-order valence-electron chi connectivity index (χ2n) is 6.25. The lowest BCUT2D eigenvalue weighted by Gasteiger charge is -2.21. The zero-order valence-corrected chi connectivity index (χ0v) is 16.2. The number of sulfone groups is 1. The van der Waals surface area contributed by atoms with Crippen LogP contribution in [0.2, 0.25) is 0 Å². The van der Waals surface area contributed by atoms with Crippen LogP contribution in [0, 0.1) is 0 Å². The van der Waals surface area contributed by atoms with E-state index in [-0.39, 0.29) is 0 Å². The largest absolute Gasteiger partial charge is 0.372 e. The predicted octanol–water partition coefficient (Wildman–Crippen LogP) is 4.39. The Kier molecular flexibility index (Phi) is 5.18. The summed E-state index contributed by atoms with van der Waals surface area (Å²) in [6.45, 7) is 6.28. The lowest BCUT2D eigenvalue weighted by molar-refractivity contribution is 0.602. The zero-order chi connectivity index (χ0) is 18.7. The Balaban J connectivity index is 1.94. The molecule has 4 nitrogen and oxygen atoms in total. The van der Waals surface area contributed by atoms with Crippen LogP contribution in [0.3, 0.4) is 0 Å². The van der Waals surface area contributed by atoms with Gasteiger partial charge < -0.3 is 9.47 Å². The molecule has 0 aliphatic carbocycles. The lowest BCUT2D eigenvalue weighted by atomic mass is 10.1. The molecule has 3 rings (SSSR count). The minimum absolute atomic E-state index is 0.336. The molecule has 0 aliphatic rings. The standard InChI is InChI=1S/C21H24N2O2S/c1-4-22(5-2)18-10-12-19(13-11-18)23-16-6-7-21(23)17-8-14-20(15-9-17)26(3,24)25/h6-16H,4-5H2,1-3H3. The van der Waals surface area contributed by atoms with Crippen molar-refractivity contribution in [3.63, 3.8) is 0 Å². The molecule has 136 valence electrons. The molecule has 0 radical (unpaired) electrons. The van der Waals surface area contributed by atoms with E-state index in [2.05, 4.69) is 47.6 Å². The van der Waals surface area contributed by atoms with Crippen molar-refractivity contribution in [2.75, 3.05) is 24.2 Å². The molecule has 0 N–H and O–H groups in total. The smallest absolute Gasteiger partial charge is 0.175 e. The maximum Gasteiger partial charge on any atom is 0.175 e. The number of nitrogens with zero attached hydrogens (tertiary/aromatic N) is 2. The van der Waals surface area contributed by atoms with Gasteiger partial charge >= 0.3 is 0 Å². The molecule has 0 aliphatic heterocycles. The van der Waals surface area contributed by atoms with Crippen molar-refractivity contribution in [3.05, 3.63) is 66.9 Å². The van der Waals surface area contributed by atoms with Crippen molar-refractivity contribution in [2.24, 2.45) is 0 Å². The van der Waals surface area contributed by atoms with E-state index in [1.165, 1.54) is 11.9 Å². The summed E-state index contributed by atoms with van der Waals surface area (Å²) in [6.07, 6.45) is 3.24. The summed E-state index contributed by atoms with van der Waals surface area (Å²) in [7, 11) is -3.18. The highest BCUT2D eigenvalue weighted by Crippen LogP contribution is 2.26. The van der Waals surface area contributed by atoms with Gasteiger partial charge in [-0.25, -0.2) is 8.42 Å². The van der Waals surface area contributed by atoms with Crippen LogP contribution in [0.5, 0.6) is 0 Å². The van der Waals surface area contributed by atoms with Gasteiger partial charge in [0.15, 0.2) is 9.84 Å². The summed E-state index contributed by atoms with van der Waals surface area (Å²) in [5.41, 5.74) is 4.30. The Morgan fingerprint density at radius 3 is 2.04 bits per heavy atom. The van der Waals surface area contributed by atoms with E-state index < -0.39 is 9.84 Å². The SMILES string of the molecule is CCN(CC)c1ccc(-n2cccc2-c2ccc(S(C)(=O)=O)cc2)cc1. The van der Waals surface area contributed by atoms with Gasteiger partial charge in [-0.3, -0.25) is 0 Å². The summed E-state index contributed by atoms with van der Waals surface area (Å²) in [6, 6.07) is 19.6. The third kappa shape index (κ3) is 3.68. The van der Waals surface area contributed by atoms with E-state index in [4.69, 9.17) is 0 Å². The van der Waals surface area contributed by atoms with Crippen molar-refractivity contribution < 1.29 is 8.42 Å². The van der Waals surface area contributed by atoms with Crippen LogP contribution in [-0.2, 0) is 9.84 Å². The summed E-state index contributed by atoms with van der Waals surface area (Å²) < 4.78 is 25.4. The van der Waals surface area contributed by atoms with Gasteiger partial charge in [-0.05, 0) is 67.9 Å². The van der Waals surface area contributed by atoms with Gasteiger partial charge in [-0.15, -0.1) is 0 Å². The summed E-state index contributed by atoms with van der Waals surface area (Å²) in [5.74, 6) is 0. The van der Waals surface area contributed by atoms with Crippen LogP contribution in [0.25, 0.3) is 16.9 Å². The van der Waals surface area contributed by atoms with Crippen molar-refractivity contribution in [1.82, 2.24) is 4.57 Å². The second kappa shape index (κ2) is 7.38. The molecule has 3 aromatic rings.